The number of piperidine rings is 8. The standard InChI is InChI=1S/C22H28N2O2.C21H26N2O3.C20H26N2.C19H24N2O.C2H3ClO2/c1-4-15-10-14-11-18-20(15)23(12-14)8-7-16-17-9-13(2)5-6-19(17)24(21(16)18)22(25)26-3;1-3-13-8-12-9-17-19(13)22(11-12)7-6-15-16-10-14(24)4-5-18(16)23(20(15)17)21(25)26-2;1-3-14-9-13-10-17-19-15(6-7-22(11-13)20(14)17)16-8-12(2)4-5-18(16)21-19;1-2-12-7-11-8-16-18-14(5-6-21(10-11)19(12)16)15-9-13(22)3-4-17(15)20-18;1-5-2(3)4/h5-6,9,14-15,18,20H,4,7-8,10-12H2,1-3H3;4-5,10,12-13,17,19,24H,3,6-9,11H2,1-2H3;4-5,8,13-14,17,20-21H,3,6-7,9-11H2,1-2H3;3-4,9,11-12,16,19-20,22H,2,5-8,10H2,1H3;1H3/t14-,15?,18+,20?;12-,13?,17+,19?;13-,14?,17-,20?;11-,12?,16-,19?;/m0000./s1. The molecule has 17 heteroatoms. The number of phenolic OH excluding ortho intramolecular Hbond substituents is 2. The van der Waals surface area contributed by atoms with Crippen LogP contribution in [-0.4, -0.2) is 164 Å². The van der Waals surface area contributed by atoms with Crippen molar-refractivity contribution in [1.29, 1.82) is 0 Å². The molecule has 12 unspecified atom stereocenters. The van der Waals surface area contributed by atoms with Gasteiger partial charge in [-0.3, -0.25) is 19.6 Å². The molecule has 16 bridgehead atoms. The Kier molecular flexibility index (Phi) is 18.8. The fourth-order valence-electron chi connectivity index (χ4n) is 23.9. The van der Waals surface area contributed by atoms with Gasteiger partial charge < -0.3 is 34.4 Å². The van der Waals surface area contributed by atoms with E-state index in [0.29, 0.717) is 41.5 Å². The zero-order valence-corrected chi connectivity index (χ0v) is 61.8. The van der Waals surface area contributed by atoms with Gasteiger partial charge in [0.15, 0.2) is 0 Å². The molecular weight excluding hydrogens is 1280 g/mol. The van der Waals surface area contributed by atoms with Crippen molar-refractivity contribution in [2.75, 3.05) is 73.7 Å². The summed E-state index contributed by atoms with van der Waals surface area (Å²) >= 11 is 4.60. The van der Waals surface area contributed by atoms with Crippen LogP contribution in [-0.2, 0) is 39.9 Å². The van der Waals surface area contributed by atoms with Crippen molar-refractivity contribution in [3.05, 3.63) is 129 Å². The molecule has 0 radical (unpaired) electrons. The average molecular weight is 1390 g/mol. The van der Waals surface area contributed by atoms with E-state index in [1.165, 1.54) is 204 Å². The molecule has 4 saturated carbocycles. The number of methoxy groups -OCH3 is 3. The molecule has 538 valence electrons. The molecule has 4 aromatic heterocycles. The van der Waals surface area contributed by atoms with Crippen LogP contribution in [0.1, 0.15) is 185 Å². The quantitative estimate of drug-likeness (QED) is 0.0971. The Morgan fingerprint density at radius 1 is 0.436 bits per heavy atom. The number of halogens is 1. The minimum Gasteiger partial charge on any atom is -0.508 e. The molecule has 12 fully saturated rings. The molecule has 101 heavy (non-hydrogen) atoms. The minimum atomic E-state index is -0.773. The number of hydrogen-bond donors (Lipinski definition) is 4. The number of hydrogen-bond acceptors (Lipinski definition) is 12. The molecule has 8 aromatic rings. The third kappa shape index (κ3) is 11.9. The number of phenols is 2. The normalized spacial score (nSPS) is 32.8. The van der Waals surface area contributed by atoms with Crippen molar-refractivity contribution < 1.29 is 38.8 Å². The highest BCUT2D eigenvalue weighted by Crippen LogP contribution is 2.56. The maximum Gasteiger partial charge on any atom is 0.418 e. The van der Waals surface area contributed by atoms with E-state index in [9.17, 15) is 24.6 Å². The van der Waals surface area contributed by atoms with E-state index in [-0.39, 0.29) is 17.9 Å². The highest BCUT2D eigenvalue weighted by molar-refractivity contribution is 6.61. The lowest BCUT2D eigenvalue weighted by Crippen LogP contribution is -2.56. The first kappa shape index (κ1) is 68.6. The van der Waals surface area contributed by atoms with Crippen LogP contribution in [0.3, 0.4) is 0 Å². The molecule has 4 aromatic carbocycles. The molecule has 4 N–H and O–H groups in total. The number of benzene rings is 4. The fourth-order valence-corrected chi connectivity index (χ4v) is 23.9. The minimum absolute atomic E-state index is 0.233. The largest absolute Gasteiger partial charge is 0.508 e. The highest BCUT2D eigenvalue weighted by atomic mass is 35.5. The van der Waals surface area contributed by atoms with E-state index in [4.69, 9.17) is 9.47 Å². The number of carbonyl (C=O) groups is 3. The Bertz CT molecular complexity index is 4200. The first-order valence-corrected chi connectivity index (χ1v) is 39.2. The second kappa shape index (κ2) is 27.7. The molecule has 4 aliphatic carbocycles. The van der Waals surface area contributed by atoms with Gasteiger partial charge in [0.25, 0.3) is 0 Å². The van der Waals surface area contributed by atoms with Crippen LogP contribution in [0.25, 0.3) is 43.6 Å². The maximum absolute atomic E-state index is 12.8. The van der Waals surface area contributed by atoms with Crippen LogP contribution < -0.4 is 0 Å². The number of rotatable bonds is 4. The predicted molar refractivity (Wildman–Crippen MR) is 400 cm³/mol. The van der Waals surface area contributed by atoms with Gasteiger partial charge in [0, 0.05) is 167 Å². The summed E-state index contributed by atoms with van der Waals surface area (Å²) < 4.78 is 18.0. The van der Waals surface area contributed by atoms with Gasteiger partial charge >= 0.3 is 17.6 Å². The number of carbonyl (C=O) groups excluding carboxylic acids is 3. The van der Waals surface area contributed by atoms with Crippen molar-refractivity contribution >= 4 is 72.8 Å². The number of aryl methyl sites for hydroxylation is 2. The number of fused-ring (bicyclic) bond motifs is 16. The number of nitrogens with zero attached hydrogens (tertiary/aromatic N) is 6. The Hall–Kier alpha value is -6.82. The summed E-state index contributed by atoms with van der Waals surface area (Å²) in [4.78, 5) is 53.5. The third-order valence-corrected chi connectivity index (χ3v) is 27.7. The lowest BCUT2D eigenvalue weighted by Gasteiger charge is -2.53. The van der Waals surface area contributed by atoms with E-state index in [1.54, 1.807) is 28.0 Å². The Morgan fingerprint density at radius 2 is 0.762 bits per heavy atom. The number of nitrogens with one attached hydrogen (secondary N) is 2. The zero-order valence-electron chi connectivity index (χ0n) is 61.0. The molecule has 24 rings (SSSR count). The summed E-state index contributed by atoms with van der Waals surface area (Å²) in [6, 6.07) is 27.1. The lowest BCUT2D eigenvalue weighted by atomic mass is 9.65. The van der Waals surface area contributed by atoms with Crippen LogP contribution >= 0.6 is 11.6 Å². The van der Waals surface area contributed by atoms with Crippen molar-refractivity contribution in [2.24, 2.45) is 47.3 Å². The average Bonchev–Trinajstić information content (AvgIpc) is 0.859. The summed E-state index contributed by atoms with van der Waals surface area (Å²) in [6.45, 7) is 23.5. The van der Waals surface area contributed by atoms with Gasteiger partial charge in [-0.25, -0.2) is 23.5 Å². The van der Waals surface area contributed by atoms with Crippen molar-refractivity contribution in [1.82, 2.24) is 38.7 Å². The topological polar surface area (TPSA) is 174 Å². The monoisotopic (exact) mass is 1390 g/mol. The molecule has 12 aliphatic heterocycles. The molecule has 16 heterocycles. The highest BCUT2D eigenvalue weighted by Gasteiger charge is 2.54. The summed E-state index contributed by atoms with van der Waals surface area (Å²) in [6.07, 6.45) is 19.6. The summed E-state index contributed by atoms with van der Waals surface area (Å²) in [7, 11) is 4.17. The van der Waals surface area contributed by atoms with Gasteiger partial charge in [0.05, 0.1) is 32.4 Å². The van der Waals surface area contributed by atoms with E-state index in [2.05, 4.69) is 124 Å². The first-order chi connectivity index (χ1) is 49.0. The van der Waals surface area contributed by atoms with Crippen LogP contribution in [0.2, 0.25) is 0 Å². The Labute approximate surface area is 600 Å². The van der Waals surface area contributed by atoms with Gasteiger partial charge in [-0.2, -0.15) is 0 Å². The predicted octanol–water partition coefficient (Wildman–Crippen LogP) is 16.9. The van der Waals surface area contributed by atoms with Crippen LogP contribution in [0.5, 0.6) is 11.5 Å². The number of aromatic nitrogens is 4. The van der Waals surface area contributed by atoms with Gasteiger partial charge in [0.1, 0.15) is 11.5 Å². The van der Waals surface area contributed by atoms with Crippen molar-refractivity contribution in [2.45, 2.75) is 192 Å². The SMILES string of the molecule is CCC1C[C@H]2C[C@H]3c4[nH]c5ccc(C)cc5c4CCN(C2)C13.CCC1C[C@H]2C[C@H]3c4[nH]c5ccc(O)cc5c4CCN(C2)C13.CCC1C[C@H]2C[C@H]3c4c(c5cc(C)ccc5n4C(=O)OC)CCN(C2)C13.CCC1C[C@H]2C[C@H]3c4c(c5cc(O)ccc5n4C(=O)OC)CCN(C2)C13.COC(=O)Cl. The van der Waals surface area contributed by atoms with Gasteiger partial charge in [-0.15, -0.1) is 0 Å². The maximum atomic E-state index is 12.8. The first-order valence-electron chi connectivity index (χ1n) is 38.8. The van der Waals surface area contributed by atoms with Gasteiger partial charge in [-0.05, 0) is 221 Å². The number of aromatic amines is 2. The number of aromatic hydroxyl groups is 2. The molecule has 0 amide bonds. The number of ether oxygens (including phenoxy) is 3. The van der Waals surface area contributed by atoms with Crippen molar-refractivity contribution in [3.8, 4) is 11.5 Å². The van der Waals surface area contributed by atoms with Gasteiger partial charge in [0.2, 0.25) is 0 Å². The lowest BCUT2D eigenvalue weighted by molar-refractivity contribution is -0.0140. The molecule has 8 saturated heterocycles. The van der Waals surface area contributed by atoms with Crippen LogP contribution in [0.15, 0.2) is 72.8 Å². The van der Waals surface area contributed by atoms with Crippen LogP contribution in [0.4, 0.5) is 14.4 Å². The molecule has 16 nitrogen and oxygen atoms in total. The summed E-state index contributed by atoms with van der Waals surface area (Å²) in [5.41, 5.74) is 17.5. The van der Waals surface area contributed by atoms with Gasteiger partial charge in [-0.1, -0.05) is 76.6 Å². The molecule has 0 spiro atoms. The Balaban J connectivity index is 0.000000102. The Morgan fingerprint density at radius 3 is 1.17 bits per heavy atom. The van der Waals surface area contributed by atoms with E-state index < -0.39 is 5.43 Å². The van der Waals surface area contributed by atoms with E-state index >= 15 is 0 Å². The molecule has 16 aliphatic rings. The second-order valence-corrected chi connectivity index (χ2v) is 33.0. The van der Waals surface area contributed by atoms with Crippen LogP contribution in [0, 0.1) is 61.2 Å². The summed E-state index contributed by atoms with van der Waals surface area (Å²) in [5.74, 6) is 9.43. The molecular formula is C84H107ClN8O8. The smallest absolute Gasteiger partial charge is 0.418 e. The second-order valence-electron chi connectivity index (χ2n) is 32.7. The zero-order chi connectivity index (χ0) is 70.0. The molecule has 20 atom stereocenters. The van der Waals surface area contributed by atoms with E-state index in [1.807, 2.05) is 28.8 Å². The number of H-pyrrole nitrogens is 2. The third-order valence-electron chi connectivity index (χ3n) is 27.5. The fraction of sp³-hybridized carbons (Fsp3) is 0.583. The van der Waals surface area contributed by atoms with E-state index in [0.717, 1.165) is 120 Å². The summed E-state index contributed by atoms with van der Waals surface area (Å²) in [5, 5.41) is 24.9. The van der Waals surface area contributed by atoms with Crippen molar-refractivity contribution in [3.63, 3.8) is 0 Å².